The summed E-state index contributed by atoms with van der Waals surface area (Å²) < 4.78 is 38.4. The van der Waals surface area contributed by atoms with E-state index in [0.717, 1.165) is 22.0 Å². The van der Waals surface area contributed by atoms with Crippen LogP contribution in [0.5, 0.6) is 0 Å². The standard InChI is InChI=1S/C22H26N3O8PS2/c1-22(21(26)24-27,36(2,31)32)10-9-20-23-18-8-7-16(13-19(18)35-20)5-3-4-6-17-14-25(15-17)11-12-33-34(28,29)30/h7-8,13,17,27H,9-12,14-15H2,1-2H3,(H,24,26)(H2,28,29,30)/t22-/m1/s1. The Hall–Kier alpha value is -2.32. The number of aryl methyl sites for hydroxylation is 1. The van der Waals surface area contributed by atoms with Crippen LogP contribution in [0.2, 0.25) is 0 Å². The van der Waals surface area contributed by atoms with Crippen LogP contribution in [-0.2, 0) is 30.1 Å². The summed E-state index contributed by atoms with van der Waals surface area (Å²) >= 11 is 1.38. The summed E-state index contributed by atoms with van der Waals surface area (Å²) in [6, 6.07) is 5.49. The number of hydrogen-bond donors (Lipinski definition) is 4. The van der Waals surface area contributed by atoms with Crippen LogP contribution in [0, 0.1) is 29.6 Å². The molecule has 2 heterocycles. The van der Waals surface area contributed by atoms with Gasteiger partial charge in [0.2, 0.25) is 0 Å². The van der Waals surface area contributed by atoms with Gasteiger partial charge in [-0.15, -0.1) is 11.3 Å². The summed E-state index contributed by atoms with van der Waals surface area (Å²) in [4.78, 5) is 35.8. The molecule has 0 bridgehead atoms. The molecule has 1 aromatic carbocycles. The van der Waals surface area contributed by atoms with Crippen molar-refractivity contribution in [2.75, 3.05) is 32.5 Å². The smallest absolute Gasteiger partial charge is 0.303 e. The molecule has 1 aliphatic heterocycles. The van der Waals surface area contributed by atoms with Crippen molar-refractivity contribution < 1.29 is 37.3 Å². The zero-order chi connectivity index (χ0) is 26.6. The molecule has 194 valence electrons. The van der Waals surface area contributed by atoms with Crippen molar-refractivity contribution in [2.24, 2.45) is 5.92 Å². The quantitative estimate of drug-likeness (QED) is 0.151. The van der Waals surface area contributed by atoms with Gasteiger partial charge < -0.3 is 9.79 Å². The minimum Gasteiger partial charge on any atom is -0.303 e. The van der Waals surface area contributed by atoms with Crippen molar-refractivity contribution in [2.45, 2.75) is 24.5 Å². The number of benzene rings is 1. The van der Waals surface area contributed by atoms with E-state index in [1.165, 1.54) is 23.7 Å². The number of hydroxylamine groups is 1. The number of likely N-dealkylation sites (tertiary alicyclic amines) is 1. The lowest BCUT2D eigenvalue weighted by atomic mass is 10.0. The first-order chi connectivity index (χ1) is 16.8. The molecule has 4 N–H and O–H groups in total. The summed E-state index contributed by atoms with van der Waals surface area (Å²) in [5.74, 6) is 10.9. The minimum atomic E-state index is -4.43. The van der Waals surface area contributed by atoms with Gasteiger partial charge in [-0.25, -0.2) is 23.4 Å². The van der Waals surface area contributed by atoms with Crippen molar-refractivity contribution >= 4 is 45.1 Å². The maximum Gasteiger partial charge on any atom is 0.469 e. The van der Waals surface area contributed by atoms with E-state index in [1.807, 2.05) is 23.1 Å². The van der Waals surface area contributed by atoms with E-state index < -0.39 is 28.3 Å². The van der Waals surface area contributed by atoms with Gasteiger partial charge in [-0.2, -0.15) is 0 Å². The SMILES string of the molecule is C[C@@](CCc1nc2ccc(C#CC#CC3CN(CCOP(=O)(O)O)C3)cc2s1)(C(=O)NO)S(C)(=O)=O. The van der Waals surface area contributed by atoms with Crippen LogP contribution in [0.3, 0.4) is 0 Å². The van der Waals surface area contributed by atoms with Crippen LogP contribution in [0.25, 0.3) is 10.2 Å². The fourth-order valence-corrected chi connectivity index (χ4v) is 5.64. The number of aromatic nitrogens is 1. The summed E-state index contributed by atoms with van der Waals surface area (Å²) in [6.07, 6.45) is 1.17. The van der Waals surface area contributed by atoms with E-state index in [-0.39, 0.29) is 25.4 Å². The highest BCUT2D eigenvalue weighted by atomic mass is 32.2. The molecule has 14 heteroatoms. The van der Waals surface area contributed by atoms with Crippen LogP contribution < -0.4 is 5.48 Å². The number of nitrogens with zero attached hydrogens (tertiary/aromatic N) is 2. The Morgan fingerprint density at radius 2 is 2.08 bits per heavy atom. The molecular formula is C22H26N3O8PS2. The zero-order valence-electron chi connectivity index (χ0n) is 19.6. The molecule has 11 nitrogen and oxygen atoms in total. The van der Waals surface area contributed by atoms with Gasteiger partial charge in [0.05, 0.1) is 21.8 Å². The first-order valence-corrected chi connectivity index (χ1v) is 15.0. The van der Waals surface area contributed by atoms with Crippen LogP contribution in [-0.4, -0.2) is 76.4 Å². The Morgan fingerprint density at radius 1 is 1.36 bits per heavy atom. The van der Waals surface area contributed by atoms with Gasteiger partial charge in [0.25, 0.3) is 5.91 Å². The summed E-state index contributed by atoms with van der Waals surface area (Å²) in [6.45, 7) is 3.03. The van der Waals surface area contributed by atoms with Crippen LogP contribution in [0.15, 0.2) is 18.2 Å². The number of carbonyl (C=O) groups excluding carboxylic acids is 1. The Morgan fingerprint density at radius 3 is 2.72 bits per heavy atom. The number of fused-ring (bicyclic) bond motifs is 1. The van der Waals surface area contributed by atoms with Gasteiger partial charge in [-0.1, -0.05) is 11.8 Å². The topological polar surface area (TPSA) is 166 Å². The average molecular weight is 556 g/mol. The molecule has 0 aliphatic carbocycles. The molecule has 1 saturated heterocycles. The molecule has 1 aromatic heterocycles. The van der Waals surface area contributed by atoms with Gasteiger partial charge in [0.1, 0.15) is 4.75 Å². The molecule has 1 fully saturated rings. The highest BCUT2D eigenvalue weighted by Gasteiger charge is 2.43. The average Bonchev–Trinajstić information content (AvgIpc) is 3.17. The van der Waals surface area contributed by atoms with Gasteiger partial charge in [0, 0.05) is 43.8 Å². The van der Waals surface area contributed by atoms with Crippen molar-refractivity contribution in [1.82, 2.24) is 15.4 Å². The Balaban J connectivity index is 1.56. The fourth-order valence-electron chi connectivity index (χ4n) is 3.46. The predicted octanol–water partition coefficient (Wildman–Crippen LogP) is 0.934. The largest absolute Gasteiger partial charge is 0.469 e. The predicted molar refractivity (Wildman–Crippen MR) is 134 cm³/mol. The number of carbonyl (C=O) groups is 1. The molecule has 2 aromatic rings. The normalized spacial score (nSPS) is 16.2. The Kier molecular flexibility index (Phi) is 8.93. The summed E-state index contributed by atoms with van der Waals surface area (Å²) in [7, 11) is -8.21. The molecule has 36 heavy (non-hydrogen) atoms. The van der Waals surface area contributed by atoms with Crippen molar-refractivity contribution in [1.29, 1.82) is 0 Å². The lowest BCUT2D eigenvalue weighted by Crippen LogP contribution is -2.49. The lowest BCUT2D eigenvalue weighted by Gasteiger charge is -2.35. The Labute approximate surface area is 213 Å². The van der Waals surface area contributed by atoms with E-state index in [9.17, 15) is 17.8 Å². The van der Waals surface area contributed by atoms with Crippen LogP contribution in [0.1, 0.15) is 23.9 Å². The first kappa shape index (κ1) is 28.3. The third-order valence-corrected chi connectivity index (χ3v) is 9.44. The number of phosphoric ester groups is 1. The van der Waals surface area contributed by atoms with E-state index in [1.54, 1.807) is 0 Å². The zero-order valence-corrected chi connectivity index (χ0v) is 22.1. The monoisotopic (exact) mass is 555 g/mol. The van der Waals surface area contributed by atoms with E-state index in [0.29, 0.717) is 24.6 Å². The number of sulfone groups is 1. The summed E-state index contributed by atoms with van der Waals surface area (Å²) in [5.41, 5.74) is 2.92. The third-order valence-electron chi connectivity index (χ3n) is 5.82. The van der Waals surface area contributed by atoms with E-state index in [2.05, 4.69) is 33.2 Å². The van der Waals surface area contributed by atoms with E-state index in [4.69, 9.17) is 15.0 Å². The third kappa shape index (κ3) is 7.35. The number of phosphoric acid groups is 1. The number of hydrogen-bond acceptors (Lipinski definition) is 9. The van der Waals surface area contributed by atoms with Crippen LogP contribution in [0.4, 0.5) is 0 Å². The van der Waals surface area contributed by atoms with E-state index >= 15 is 0 Å². The molecule has 1 atom stereocenters. The second-order valence-corrected chi connectivity index (χ2v) is 13.3. The van der Waals surface area contributed by atoms with Crippen molar-refractivity contribution in [3.8, 4) is 23.7 Å². The van der Waals surface area contributed by atoms with Crippen molar-refractivity contribution in [3.05, 3.63) is 28.8 Å². The maximum atomic E-state index is 12.1. The number of amides is 1. The molecular weight excluding hydrogens is 529 g/mol. The lowest BCUT2D eigenvalue weighted by molar-refractivity contribution is -0.131. The van der Waals surface area contributed by atoms with Gasteiger partial charge in [-0.05, 0) is 43.4 Å². The highest BCUT2D eigenvalue weighted by molar-refractivity contribution is 7.92. The van der Waals surface area contributed by atoms with Gasteiger partial charge in [-0.3, -0.25) is 19.4 Å². The van der Waals surface area contributed by atoms with Crippen LogP contribution >= 0.6 is 19.2 Å². The minimum absolute atomic E-state index is 0.0321. The number of nitrogens with one attached hydrogen (secondary N) is 1. The molecule has 0 saturated carbocycles. The second kappa shape index (κ2) is 11.4. The van der Waals surface area contributed by atoms with Gasteiger partial charge >= 0.3 is 7.82 Å². The highest BCUT2D eigenvalue weighted by Crippen LogP contribution is 2.35. The van der Waals surface area contributed by atoms with Crippen molar-refractivity contribution in [3.63, 3.8) is 0 Å². The fraction of sp³-hybridized carbons (Fsp3) is 0.455. The van der Waals surface area contributed by atoms with Gasteiger partial charge in [0.15, 0.2) is 9.84 Å². The summed E-state index contributed by atoms with van der Waals surface area (Å²) in [5, 5.41) is 9.61. The Bertz CT molecular complexity index is 1410. The maximum absolute atomic E-state index is 12.1. The number of rotatable bonds is 9. The molecule has 0 radical (unpaired) electrons. The molecule has 0 unspecified atom stereocenters. The molecule has 3 rings (SSSR count). The first-order valence-electron chi connectivity index (χ1n) is 10.8. The number of thiazole rings is 1. The second-order valence-electron chi connectivity index (χ2n) is 8.53. The molecule has 1 aliphatic rings. The molecule has 0 spiro atoms. The molecule has 1 amide bonds.